The van der Waals surface area contributed by atoms with Crippen LogP contribution in [0.1, 0.15) is 34.1 Å². The van der Waals surface area contributed by atoms with Crippen LogP contribution in [0.4, 0.5) is 4.79 Å². The minimum Gasteiger partial charge on any atom is -0.479 e. The Morgan fingerprint density at radius 2 is 2.05 bits per heavy atom. The highest BCUT2D eigenvalue weighted by atomic mass is 16.5. The van der Waals surface area contributed by atoms with Crippen molar-refractivity contribution in [1.82, 2.24) is 10.6 Å². The van der Waals surface area contributed by atoms with Gasteiger partial charge in [0.05, 0.1) is 12.6 Å². The third-order valence-electron chi connectivity index (χ3n) is 3.90. The number of ether oxygens (including phenoxy) is 1. The summed E-state index contributed by atoms with van der Waals surface area (Å²) in [6.07, 6.45) is 0.837. The van der Waals surface area contributed by atoms with Crippen LogP contribution in [0, 0.1) is 5.41 Å². The fourth-order valence-corrected chi connectivity index (χ4v) is 2.15. The van der Waals surface area contributed by atoms with E-state index in [1.54, 1.807) is 0 Å². The molecule has 1 fully saturated rings. The summed E-state index contributed by atoms with van der Waals surface area (Å²) in [6, 6.07) is -0.520. The van der Waals surface area contributed by atoms with E-state index in [0.29, 0.717) is 6.61 Å². The summed E-state index contributed by atoms with van der Waals surface area (Å²) in [6.45, 7) is 7.36. The van der Waals surface area contributed by atoms with Crippen molar-refractivity contribution < 1.29 is 24.5 Å². The summed E-state index contributed by atoms with van der Waals surface area (Å²) in [4.78, 5) is 22.4. The topological polar surface area (TPSA) is 108 Å². The van der Waals surface area contributed by atoms with Crippen LogP contribution in [0.15, 0.2) is 0 Å². The number of carbonyl (C=O) groups excluding carboxylic acids is 1. The quantitative estimate of drug-likeness (QED) is 0.563. The van der Waals surface area contributed by atoms with E-state index in [9.17, 15) is 14.7 Å². The maximum absolute atomic E-state index is 11.7. The zero-order valence-corrected chi connectivity index (χ0v) is 12.4. The van der Waals surface area contributed by atoms with Crippen LogP contribution in [-0.2, 0) is 9.53 Å². The molecule has 0 bridgehead atoms. The van der Waals surface area contributed by atoms with Crippen molar-refractivity contribution in [2.24, 2.45) is 5.41 Å². The van der Waals surface area contributed by atoms with Gasteiger partial charge in [-0.25, -0.2) is 9.59 Å². The number of carboxylic acids is 1. The maximum atomic E-state index is 11.7. The number of nitrogens with one attached hydrogen (secondary N) is 2. The van der Waals surface area contributed by atoms with Crippen LogP contribution < -0.4 is 10.6 Å². The Morgan fingerprint density at radius 1 is 1.45 bits per heavy atom. The molecule has 20 heavy (non-hydrogen) atoms. The van der Waals surface area contributed by atoms with Gasteiger partial charge in [0.15, 0.2) is 5.60 Å². The summed E-state index contributed by atoms with van der Waals surface area (Å²) in [5, 5.41) is 23.4. The molecular formula is C13H24N2O5. The molecule has 1 rings (SSSR count). The van der Waals surface area contributed by atoms with Gasteiger partial charge < -0.3 is 25.6 Å². The van der Waals surface area contributed by atoms with Crippen molar-refractivity contribution in [2.75, 3.05) is 13.2 Å². The number of aliphatic hydroxyl groups is 1. The highest BCUT2D eigenvalue weighted by Gasteiger charge is 2.49. The van der Waals surface area contributed by atoms with E-state index in [1.165, 1.54) is 0 Å². The van der Waals surface area contributed by atoms with E-state index >= 15 is 0 Å². The summed E-state index contributed by atoms with van der Waals surface area (Å²) >= 11 is 0. The Kier molecular flexibility index (Phi) is 4.99. The Balaban J connectivity index is 2.40. The van der Waals surface area contributed by atoms with Crippen molar-refractivity contribution >= 4 is 12.0 Å². The van der Waals surface area contributed by atoms with Gasteiger partial charge in [0.25, 0.3) is 0 Å². The molecule has 1 aliphatic carbocycles. The third-order valence-corrected chi connectivity index (χ3v) is 3.90. The van der Waals surface area contributed by atoms with Crippen LogP contribution in [0.2, 0.25) is 0 Å². The van der Waals surface area contributed by atoms with Crippen LogP contribution in [0.25, 0.3) is 0 Å². The number of rotatable bonds is 6. The molecule has 3 unspecified atom stereocenters. The molecule has 4 N–H and O–H groups in total. The first-order valence-corrected chi connectivity index (χ1v) is 6.73. The Morgan fingerprint density at radius 3 is 2.50 bits per heavy atom. The average molecular weight is 288 g/mol. The van der Waals surface area contributed by atoms with E-state index in [0.717, 1.165) is 13.3 Å². The number of hydrogen-bond donors (Lipinski definition) is 4. The van der Waals surface area contributed by atoms with Crippen LogP contribution in [0.3, 0.4) is 0 Å². The molecule has 0 saturated heterocycles. The fraction of sp³-hybridized carbons (Fsp3) is 0.846. The lowest BCUT2D eigenvalue weighted by atomic mass is 9.64. The molecule has 7 heteroatoms. The van der Waals surface area contributed by atoms with Gasteiger partial charge in [0.2, 0.25) is 0 Å². The van der Waals surface area contributed by atoms with Crippen molar-refractivity contribution in [3.8, 4) is 0 Å². The van der Waals surface area contributed by atoms with E-state index < -0.39 is 17.6 Å². The Bertz CT molecular complexity index is 381. The molecule has 0 heterocycles. The fourth-order valence-electron chi connectivity index (χ4n) is 2.15. The van der Waals surface area contributed by atoms with Crippen LogP contribution >= 0.6 is 0 Å². The van der Waals surface area contributed by atoms with Gasteiger partial charge in [-0.15, -0.1) is 0 Å². The van der Waals surface area contributed by atoms with Crippen molar-refractivity contribution in [3.05, 3.63) is 0 Å². The molecular weight excluding hydrogens is 264 g/mol. The lowest BCUT2D eigenvalue weighted by molar-refractivity contribution is -0.155. The maximum Gasteiger partial charge on any atom is 0.337 e. The normalized spacial score (nSPS) is 27.1. The third kappa shape index (κ3) is 3.61. The largest absolute Gasteiger partial charge is 0.479 e. The molecule has 7 nitrogen and oxygen atoms in total. The number of aliphatic carboxylic acids is 1. The summed E-state index contributed by atoms with van der Waals surface area (Å²) in [5.41, 5.74) is -2.14. The number of carboxylic acid groups (broad SMARTS) is 1. The first-order chi connectivity index (χ1) is 9.11. The van der Waals surface area contributed by atoms with Gasteiger partial charge in [0, 0.05) is 18.1 Å². The predicted molar refractivity (Wildman–Crippen MR) is 72.4 cm³/mol. The molecule has 1 aliphatic rings. The van der Waals surface area contributed by atoms with Crippen LogP contribution in [-0.4, -0.2) is 53.1 Å². The molecule has 2 amide bonds. The van der Waals surface area contributed by atoms with E-state index in [1.807, 2.05) is 20.8 Å². The van der Waals surface area contributed by atoms with Crippen molar-refractivity contribution in [2.45, 2.75) is 51.9 Å². The Labute approximate surface area is 118 Å². The van der Waals surface area contributed by atoms with Gasteiger partial charge in [-0.05, 0) is 20.3 Å². The van der Waals surface area contributed by atoms with Gasteiger partial charge in [-0.2, -0.15) is 0 Å². The number of amides is 2. The summed E-state index contributed by atoms with van der Waals surface area (Å²) < 4.78 is 5.56. The van der Waals surface area contributed by atoms with E-state index in [-0.39, 0.29) is 24.1 Å². The van der Waals surface area contributed by atoms with Crippen molar-refractivity contribution in [3.63, 3.8) is 0 Å². The Hall–Kier alpha value is -1.34. The first kappa shape index (κ1) is 16.7. The van der Waals surface area contributed by atoms with Crippen LogP contribution in [0.5, 0.6) is 0 Å². The molecule has 1 saturated carbocycles. The molecule has 0 aromatic carbocycles. The van der Waals surface area contributed by atoms with Gasteiger partial charge in [0.1, 0.15) is 0 Å². The second-order valence-electron chi connectivity index (χ2n) is 5.96. The highest BCUT2D eigenvalue weighted by molar-refractivity contribution is 5.79. The van der Waals surface area contributed by atoms with Crippen molar-refractivity contribution in [1.29, 1.82) is 0 Å². The lowest BCUT2D eigenvalue weighted by Gasteiger charge is -2.51. The molecule has 0 spiro atoms. The molecule has 0 aromatic rings. The SMILES string of the molecule is CCOC1CC(NC(=O)NCC(C)(O)C(=O)O)C1(C)C. The highest BCUT2D eigenvalue weighted by Crippen LogP contribution is 2.42. The zero-order chi connectivity index (χ0) is 15.6. The van der Waals surface area contributed by atoms with Gasteiger partial charge in [-0.1, -0.05) is 13.8 Å². The monoisotopic (exact) mass is 288 g/mol. The predicted octanol–water partition coefficient (Wildman–Crippen LogP) is 0.325. The minimum atomic E-state index is -1.97. The standard InChI is InChI=1S/C13H24N2O5/c1-5-20-9-6-8(12(9,2)3)15-11(18)14-7-13(4,19)10(16)17/h8-9,19H,5-7H2,1-4H3,(H,16,17)(H2,14,15,18). The molecule has 0 radical (unpaired) electrons. The minimum absolute atomic E-state index is 0.0335. The van der Waals surface area contributed by atoms with E-state index in [4.69, 9.17) is 9.84 Å². The molecule has 0 aromatic heterocycles. The summed E-state index contributed by atoms with van der Waals surface area (Å²) in [7, 11) is 0. The first-order valence-electron chi connectivity index (χ1n) is 6.73. The van der Waals surface area contributed by atoms with Gasteiger partial charge in [-0.3, -0.25) is 0 Å². The second kappa shape index (κ2) is 5.97. The summed E-state index contributed by atoms with van der Waals surface area (Å²) in [5.74, 6) is -1.38. The molecule has 3 atom stereocenters. The lowest BCUT2D eigenvalue weighted by Crippen LogP contribution is -2.63. The number of urea groups is 1. The average Bonchev–Trinajstić information content (AvgIpc) is 2.35. The second-order valence-corrected chi connectivity index (χ2v) is 5.96. The molecule has 116 valence electrons. The van der Waals surface area contributed by atoms with Gasteiger partial charge >= 0.3 is 12.0 Å². The molecule has 0 aliphatic heterocycles. The smallest absolute Gasteiger partial charge is 0.337 e. The zero-order valence-electron chi connectivity index (χ0n) is 12.4. The number of carbonyl (C=O) groups is 2. The number of hydrogen-bond acceptors (Lipinski definition) is 4. The van der Waals surface area contributed by atoms with E-state index in [2.05, 4.69) is 10.6 Å².